The standard InChI is InChI=1S/C20H23N5O2S/c1-28-20-23-16(7-6-13-12-22-15-5-3-2-4-14(13)15)17(18(21)26)19(24-20)25-8-10-27-11-9-25/h2-5,12,22H,6-11H2,1H3,(H2,21,26). The quantitative estimate of drug-likeness (QED) is 0.490. The second-order valence-electron chi connectivity index (χ2n) is 6.68. The van der Waals surface area contributed by atoms with Gasteiger partial charge in [0, 0.05) is 30.2 Å². The second kappa shape index (κ2) is 8.20. The van der Waals surface area contributed by atoms with Gasteiger partial charge in [-0.15, -0.1) is 0 Å². The third-order valence-corrected chi connectivity index (χ3v) is 5.54. The third kappa shape index (κ3) is 3.70. The Bertz CT molecular complexity index is 997. The number of ether oxygens (including phenoxy) is 1. The number of amides is 1. The SMILES string of the molecule is CSc1nc(CCc2c[nH]c3ccccc23)c(C(N)=O)c(N2CCOCC2)n1. The van der Waals surface area contributed by atoms with Gasteiger partial charge in [-0.25, -0.2) is 9.97 Å². The van der Waals surface area contributed by atoms with Crippen molar-refractivity contribution >= 4 is 34.4 Å². The van der Waals surface area contributed by atoms with Crippen molar-refractivity contribution in [2.45, 2.75) is 18.0 Å². The summed E-state index contributed by atoms with van der Waals surface area (Å²) < 4.78 is 5.44. The first-order chi connectivity index (χ1) is 13.7. The predicted octanol–water partition coefficient (Wildman–Crippen LogP) is 2.40. The summed E-state index contributed by atoms with van der Waals surface area (Å²) in [6, 6.07) is 8.20. The molecule has 8 heteroatoms. The van der Waals surface area contributed by atoms with Crippen molar-refractivity contribution < 1.29 is 9.53 Å². The molecule has 1 saturated heterocycles. The van der Waals surface area contributed by atoms with Crippen molar-refractivity contribution in [2.75, 3.05) is 37.5 Å². The molecule has 0 saturated carbocycles. The first kappa shape index (κ1) is 18.8. The Morgan fingerprint density at radius 3 is 2.79 bits per heavy atom. The Morgan fingerprint density at radius 2 is 2.04 bits per heavy atom. The zero-order chi connectivity index (χ0) is 19.5. The van der Waals surface area contributed by atoms with Gasteiger partial charge >= 0.3 is 0 Å². The number of aromatic amines is 1. The monoisotopic (exact) mass is 397 g/mol. The Labute approximate surface area is 167 Å². The Kier molecular flexibility index (Phi) is 5.50. The number of benzene rings is 1. The highest BCUT2D eigenvalue weighted by atomic mass is 32.2. The lowest BCUT2D eigenvalue weighted by Gasteiger charge is -2.29. The molecule has 3 aromatic rings. The summed E-state index contributed by atoms with van der Waals surface area (Å²) >= 11 is 1.47. The highest BCUT2D eigenvalue weighted by Crippen LogP contribution is 2.27. The minimum absolute atomic E-state index is 0.430. The van der Waals surface area contributed by atoms with E-state index in [2.05, 4.69) is 32.0 Å². The number of carbonyl (C=O) groups is 1. The molecule has 0 spiro atoms. The maximum absolute atomic E-state index is 12.3. The van der Waals surface area contributed by atoms with Crippen LogP contribution in [0, 0.1) is 0 Å². The van der Waals surface area contributed by atoms with Crippen molar-refractivity contribution in [1.82, 2.24) is 15.0 Å². The van der Waals surface area contributed by atoms with Crippen LogP contribution in [0.1, 0.15) is 21.6 Å². The van der Waals surface area contributed by atoms with E-state index in [1.54, 1.807) is 0 Å². The number of para-hydroxylation sites is 1. The average Bonchev–Trinajstić information content (AvgIpc) is 3.15. The van der Waals surface area contributed by atoms with Crippen LogP contribution in [0.3, 0.4) is 0 Å². The van der Waals surface area contributed by atoms with Gasteiger partial charge in [-0.1, -0.05) is 30.0 Å². The molecule has 1 amide bonds. The first-order valence-electron chi connectivity index (χ1n) is 9.29. The number of fused-ring (bicyclic) bond motifs is 1. The summed E-state index contributed by atoms with van der Waals surface area (Å²) in [5.41, 5.74) is 9.20. The van der Waals surface area contributed by atoms with Gasteiger partial charge in [-0.2, -0.15) is 0 Å². The van der Waals surface area contributed by atoms with Crippen LogP contribution in [-0.2, 0) is 17.6 Å². The third-order valence-electron chi connectivity index (χ3n) is 4.99. The van der Waals surface area contributed by atoms with E-state index in [0.717, 1.165) is 11.9 Å². The number of aryl methyl sites for hydroxylation is 2. The topological polar surface area (TPSA) is 97.1 Å². The van der Waals surface area contributed by atoms with Gasteiger partial charge in [0.15, 0.2) is 5.16 Å². The summed E-state index contributed by atoms with van der Waals surface area (Å²) in [6.45, 7) is 2.60. The number of carbonyl (C=O) groups excluding carboxylic acids is 1. The molecule has 2 aromatic heterocycles. The van der Waals surface area contributed by atoms with Gasteiger partial charge in [0.2, 0.25) is 0 Å². The van der Waals surface area contributed by atoms with E-state index < -0.39 is 5.91 Å². The summed E-state index contributed by atoms with van der Waals surface area (Å²) in [7, 11) is 0. The van der Waals surface area contributed by atoms with E-state index in [9.17, 15) is 4.79 Å². The summed E-state index contributed by atoms with van der Waals surface area (Å²) in [4.78, 5) is 26.9. The number of rotatable bonds is 6. The molecule has 0 aliphatic carbocycles. The van der Waals surface area contributed by atoms with Gasteiger partial charge < -0.3 is 20.4 Å². The van der Waals surface area contributed by atoms with Crippen LogP contribution in [0.2, 0.25) is 0 Å². The molecule has 0 radical (unpaired) electrons. The number of primary amides is 1. The van der Waals surface area contributed by atoms with E-state index >= 15 is 0 Å². The molecule has 28 heavy (non-hydrogen) atoms. The molecule has 4 rings (SSSR count). The Morgan fingerprint density at radius 1 is 1.25 bits per heavy atom. The van der Waals surface area contributed by atoms with Crippen LogP contribution in [0.25, 0.3) is 10.9 Å². The minimum Gasteiger partial charge on any atom is -0.378 e. The summed E-state index contributed by atoms with van der Waals surface area (Å²) in [5, 5.41) is 1.84. The van der Waals surface area contributed by atoms with Crippen molar-refractivity contribution in [1.29, 1.82) is 0 Å². The van der Waals surface area contributed by atoms with Crippen LogP contribution in [-0.4, -0.2) is 53.4 Å². The Balaban J connectivity index is 1.69. The molecule has 1 aliphatic heterocycles. The van der Waals surface area contributed by atoms with E-state index in [1.807, 2.05) is 24.6 Å². The Hall–Kier alpha value is -2.58. The lowest BCUT2D eigenvalue weighted by molar-refractivity contribution is 0.0996. The van der Waals surface area contributed by atoms with Crippen molar-refractivity contribution in [2.24, 2.45) is 5.73 Å². The minimum atomic E-state index is -0.483. The molecule has 3 heterocycles. The fourth-order valence-corrected chi connectivity index (χ4v) is 3.97. The molecule has 0 atom stereocenters. The molecule has 1 fully saturated rings. The summed E-state index contributed by atoms with van der Waals surface area (Å²) in [6.07, 6.45) is 5.34. The van der Waals surface area contributed by atoms with E-state index in [0.29, 0.717) is 55.0 Å². The number of nitrogens with zero attached hydrogens (tertiary/aromatic N) is 3. The van der Waals surface area contributed by atoms with Crippen LogP contribution in [0.15, 0.2) is 35.6 Å². The summed E-state index contributed by atoms with van der Waals surface area (Å²) in [5.74, 6) is 0.146. The number of anilines is 1. The largest absolute Gasteiger partial charge is 0.378 e. The number of nitrogens with two attached hydrogens (primary N) is 1. The maximum atomic E-state index is 12.3. The highest BCUT2D eigenvalue weighted by Gasteiger charge is 2.24. The zero-order valence-electron chi connectivity index (χ0n) is 15.8. The van der Waals surface area contributed by atoms with Crippen LogP contribution >= 0.6 is 11.8 Å². The molecular weight excluding hydrogens is 374 g/mol. The molecular formula is C20H23N5O2S. The molecule has 146 valence electrons. The lowest BCUT2D eigenvalue weighted by Crippen LogP contribution is -2.38. The number of hydrogen-bond donors (Lipinski definition) is 2. The number of thioether (sulfide) groups is 1. The van der Waals surface area contributed by atoms with Crippen LogP contribution in [0.5, 0.6) is 0 Å². The first-order valence-corrected chi connectivity index (χ1v) is 10.5. The van der Waals surface area contributed by atoms with E-state index in [-0.39, 0.29) is 0 Å². The van der Waals surface area contributed by atoms with Gasteiger partial charge in [-0.3, -0.25) is 4.79 Å². The van der Waals surface area contributed by atoms with Crippen molar-refractivity contribution in [3.05, 3.63) is 47.3 Å². The van der Waals surface area contributed by atoms with Gasteiger partial charge in [0.05, 0.1) is 18.9 Å². The van der Waals surface area contributed by atoms with E-state index in [4.69, 9.17) is 10.5 Å². The normalized spacial score (nSPS) is 14.5. The number of nitrogens with one attached hydrogen (secondary N) is 1. The molecule has 1 aliphatic rings. The van der Waals surface area contributed by atoms with E-state index in [1.165, 1.54) is 22.7 Å². The predicted molar refractivity (Wildman–Crippen MR) is 111 cm³/mol. The number of H-pyrrole nitrogens is 1. The number of morpholine rings is 1. The second-order valence-corrected chi connectivity index (χ2v) is 7.45. The number of hydrogen-bond acceptors (Lipinski definition) is 6. The molecule has 0 bridgehead atoms. The van der Waals surface area contributed by atoms with Gasteiger partial charge in [0.25, 0.3) is 5.91 Å². The van der Waals surface area contributed by atoms with Crippen LogP contribution < -0.4 is 10.6 Å². The fourth-order valence-electron chi connectivity index (χ4n) is 3.59. The maximum Gasteiger partial charge on any atom is 0.254 e. The molecule has 0 unspecified atom stereocenters. The molecule has 1 aromatic carbocycles. The average molecular weight is 398 g/mol. The van der Waals surface area contributed by atoms with Crippen molar-refractivity contribution in [3.63, 3.8) is 0 Å². The molecule has 3 N–H and O–H groups in total. The molecule has 7 nitrogen and oxygen atoms in total. The van der Waals surface area contributed by atoms with Gasteiger partial charge in [-0.05, 0) is 30.7 Å². The van der Waals surface area contributed by atoms with Crippen molar-refractivity contribution in [3.8, 4) is 0 Å². The smallest absolute Gasteiger partial charge is 0.254 e. The highest BCUT2D eigenvalue weighted by molar-refractivity contribution is 7.98. The van der Waals surface area contributed by atoms with Gasteiger partial charge in [0.1, 0.15) is 11.4 Å². The zero-order valence-corrected chi connectivity index (χ0v) is 16.6. The lowest BCUT2D eigenvalue weighted by atomic mass is 10.0. The number of aromatic nitrogens is 3. The van der Waals surface area contributed by atoms with Crippen LogP contribution in [0.4, 0.5) is 5.82 Å². The fraction of sp³-hybridized carbons (Fsp3) is 0.350.